The van der Waals surface area contributed by atoms with Gasteiger partial charge in [-0.2, -0.15) is 0 Å². The van der Waals surface area contributed by atoms with E-state index in [1.54, 1.807) is 0 Å². The van der Waals surface area contributed by atoms with Gasteiger partial charge in [-0.05, 0) is 48.9 Å². The van der Waals surface area contributed by atoms with Crippen LogP contribution in [0.25, 0.3) is 0 Å². The lowest BCUT2D eigenvalue weighted by Gasteiger charge is -2.15. The molecule has 0 aliphatic carbocycles. The van der Waals surface area contributed by atoms with Crippen LogP contribution in [0.1, 0.15) is 34.8 Å². The highest BCUT2D eigenvalue weighted by Crippen LogP contribution is 2.24. The van der Waals surface area contributed by atoms with Crippen LogP contribution in [0.5, 0.6) is 0 Å². The Morgan fingerprint density at radius 1 is 0.944 bits per heavy atom. The van der Waals surface area contributed by atoms with Crippen LogP contribution in [0.4, 0.5) is 0 Å². The monoisotopic (exact) mass is 240 g/mol. The van der Waals surface area contributed by atoms with E-state index in [1.807, 2.05) is 30.3 Å². The number of hydrogen-bond acceptors (Lipinski definition) is 1. The summed E-state index contributed by atoms with van der Waals surface area (Å²) < 4.78 is 0. The van der Waals surface area contributed by atoms with Crippen LogP contribution in [0.2, 0.25) is 0 Å². The van der Waals surface area contributed by atoms with Crippen molar-refractivity contribution in [1.29, 1.82) is 0 Å². The minimum absolute atomic E-state index is 0.370. The Hall–Kier alpha value is -1.60. The van der Waals surface area contributed by atoms with Crippen molar-refractivity contribution in [2.24, 2.45) is 0 Å². The molecule has 1 atom stereocenters. The minimum Gasteiger partial charge on any atom is -0.388 e. The van der Waals surface area contributed by atoms with E-state index in [-0.39, 0.29) is 6.10 Å². The number of aryl methyl sites for hydroxylation is 2. The number of aliphatic hydroxyl groups is 1. The van der Waals surface area contributed by atoms with Crippen molar-refractivity contribution in [3.63, 3.8) is 0 Å². The third-order valence-corrected chi connectivity index (χ3v) is 3.55. The van der Waals surface area contributed by atoms with Crippen LogP contribution in [-0.4, -0.2) is 5.11 Å². The van der Waals surface area contributed by atoms with Crippen LogP contribution in [-0.2, 0) is 6.42 Å². The highest BCUT2D eigenvalue weighted by molar-refractivity contribution is 5.34. The predicted octanol–water partition coefficient (Wildman–Crippen LogP) is 3.97. The Morgan fingerprint density at radius 2 is 1.67 bits per heavy atom. The van der Waals surface area contributed by atoms with Crippen LogP contribution in [0.15, 0.2) is 48.5 Å². The highest BCUT2D eigenvalue weighted by atomic mass is 16.3. The Morgan fingerprint density at radius 3 is 2.39 bits per heavy atom. The third-order valence-electron chi connectivity index (χ3n) is 3.55. The number of rotatable bonds is 4. The van der Waals surface area contributed by atoms with Crippen LogP contribution >= 0.6 is 0 Å². The molecule has 1 nitrogen and oxygen atoms in total. The van der Waals surface area contributed by atoms with E-state index in [2.05, 4.69) is 32.0 Å². The predicted molar refractivity (Wildman–Crippen MR) is 75.6 cm³/mol. The maximum absolute atomic E-state index is 10.3. The Kier molecular flexibility index (Phi) is 4.16. The molecule has 0 spiro atoms. The summed E-state index contributed by atoms with van der Waals surface area (Å²) in [7, 11) is 0. The summed E-state index contributed by atoms with van der Waals surface area (Å²) in [4.78, 5) is 0. The Bertz CT molecular complexity index is 502. The lowest BCUT2D eigenvalue weighted by Crippen LogP contribution is -2.03. The van der Waals surface area contributed by atoms with Crippen LogP contribution in [0.3, 0.4) is 0 Å². The molecule has 0 heterocycles. The first-order valence-corrected chi connectivity index (χ1v) is 6.46. The van der Waals surface area contributed by atoms with Gasteiger partial charge < -0.3 is 5.11 Å². The van der Waals surface area contributed by atoms with E-state index >= 15 is 0 Å². The molecular formula is C17H20O. The molecule has 0 saturated carbocycles. The van der Waals surface area contributed by atoms with Gasteiger partial charge in [0.2, 0.25) is 0 Å². The topological polar surface area (TPSA) is 20.2 Å². The molecule has 0 amide bonds. The SMILES string of the molecule is Cc1cccc(C(O)CCc2ccccc2)c1C. The van der Waals surface area contributed by atoms with E-state index in [4.69, 9.17) is 0 Å². The van der Waals surface area contributed by atoms with E-state index < -0.39 is 0 Å². The van der Waals surface area contributed by atoms with Crippen molar-refractivity contribution in [3.8, 4) is 0 Å². The molecule has 2 rings (SSSR count). The standard InChI is InChI=1S/C17H20O/c1-13-7-6-10-16(14(13)2)17(18)12-11-15-8-4-3-5-9-15/h3-10,17-18H,11-12H2,1-2H3. The first kappa shape index (κ1) is 12.8. The van der Waals surface area contributed by atoms with Gasteiger partial charge in [-0.1, -0.05) is 48.5 Å². The second-order valence-electron chi connectivity index (χ2n) is 4.83. The van der Waals surface area contributed by atoms with Gasteiger partial charge in [0.15, 0.2) is 0 Å². The summed E-state index contributed by atoms with van der Waals surface area (Å²) >= 11 is 0. The molecule has 0 aromatic heterocycles. The molecule has 0 saturated heterocycles. The average molecular weight is 240 g/mol. The van der Waals surface area contributed by atoms with Crippen molar-refractivity contribution < 1.29 is 5.11 Å². The van der Waals surface area contributed by atoms with E-state index in [0.717, 1.165) is 18.4 Å². The maximum atomic E-state index is 10.3. The largest absolute Gasteiger partial charge is 0.388 e. The lowest BCUT2D eigenvalue weighted by molar-refractivity contribution is 0.167. The smallest absolute Gasteiger partial charge is 0.0795 e. The van der Waals surface area contributed by atoms with Gasteiger partial charge in [0.25, 0.3) is 0 Å². The fraction of sp³-hybridized carbons (Fsp3) is 0.294. The summed E-state index contributed by atoms with van der Waals surface area (Å²) in [6, 6.07) is 16.4. The molecule has 2 aromatic carbocycles. The van der Waals surface area contributed by atoms with Gasteiger partial charge in [0.1, 0.15) is 0 Å². The third kappa shape index (κ3) is 2.99. The van der Waals surface area contributed by atoms with Crippen molar-refractivity contribution >= 4 is 0 Å². The maximum Gasteiger partial charge on any atom is 0.0795 e. The zero-order chi connectivity index (χ0) is 13.0. The summed E-state index contributed by atoms with van der Waals surface area (Å²) in [6.07, 6.45) is 1.31. The minimum atomic E-state index is -0.370. The number of benzene rings is 2. The molecule has 1 N–H and O–H groups in total. The first-order valence-electron chi connectivity index (χ1n) is 6.46. The van der Waals surface area contributed by atoms with Gasteiger partial charge in [-0.3, -0.25) is 0 Å². The Labute approximate surface area is 109 Å². The van der Waals surface area contributed by atoms with Crippen molar-refractivity contribution in [2.45, 2.75) is 32.8 Å². The van der Waals surface area contributed by atoms with Crippen LogP contribution in [0, 0.1) is 13.8 Å². The number of aliphatic hydroxyl groups excluding tert-OH is 1. The van der Waals surface area contributed by atoms with Gasteiger partial charge in [0.05, 0.1) is 6.10 Å². The summed E-state index contributed by atoms with van der Waals surface area (Å²) in [5.41, 5.74) is 4.79. The van der Waals surface area contributed by atoms with E-state index in [0.29, 0.717) is 0 Å². The summed E-state index contributed by atoms with van der Waals surface area (Å²) in [6.45, 7) is 4.17. The molecule has 0 aliphatic heterocycles. The average Bonchev–Trinajstić information content (AvgIpc) is 2.40. The van der Waals surface area contributed by atoms with Gasteiger partial charge in [0, 0.05) is 0 Å². The zero-order valence-corrected chi connectivity index (χ0v) is 11.1. The fourth-order valence-corrected chi connectivity index (χ4v) is 2.24. The van der Waals surface area contributed by atoms with Crippen molar-refractivity contribution in [1.82, 2.24) is 0 Å². The second-order valence-corrected chi connectivity index (χ2v) is 4.83. The molecule has 0 radical (unpaired) electrons. The van der Waals surface area contributed by atoms with Gasteiger partial charge >= 0.3 is 0 Å². The molecule has 18 heavy (non-hydrogen) atoms. The van der Waals surface area contributed by atoms with Crippen molar-refractivity contribution in [2.75, 3.05) is 0 Å². The Balaban J connectivity index is 2.04. The van der Waals surface area contributed by atoms with E-state index in [1.165, 1.54) is 16.7 Å². The molecule has 1 unspecified atom stereocenters. The molecule has 94 valence electrons. The second kappa shape index (κ2) is 5.83. The molecule has 0 fully saturated rings. The number of hydrogen-bond donors (Lipinski definition) is 1. The molecule has 2 aromatic rings. The first-order chi connectivity index (χ1) is 8.68. The quantitative estimate of drug-likeness (QED) is 0.857. The zero-order valence-electron chi connectivity index (χ0n) is 11.1. The molecule has 0 aliphatic rings. The molecule has 0 bridgehead atoms. The normalized spacial score (nSPS) is 12.4. The van der Waals surface area contributed by atoms with Gasteiger partial charge in [-0.15, -0.1) is 0 Å². The molecular weight excluding hydrogens is 220 g/mol. The van der Waals surface area contributed by atoms with Gasteiger partial charge in [-0.25, -0.2) is 0 Å². The lowest BCUT2D eigenvalue weighted by atomic mass is 9.95. The summed E-state index contributed by atoms with van der Waals surface area (Å²) in [5.74, 6) is 0. The highest BCUT2D eigenvalue weighted by Gasteiger charge is 2.11. The van der Waals surface area contributed by atoms with E-state index in [9.17, 15) is 5.11 Å². The summed E-state index contributed by atoms with van der Waals surface area (Å²) in [5, 5.41) is 10.3. The molecule has 1 heteroatoms. The fourth-order valence-electron chi connectivity index (χ4n) is 2.24. The van der Waals surface area contributed by atoms with Crippen molar-refractivity contribution in [3.05, 3.63) is 70.8 Å². The van der Waals surface area contributed by atoms with Crippen LogP contribution < -0.4 is 0 Å².